The van der Waals surface area contributed by atoms with Gasteiger partial charge >= 0.3 is 6.01 Å². The van der Waals surface area contributed by atoms with Crippen molar-refractivity contribution >= 4 is 21.6 Å². The maximum absolute atomic E-state index is 12.2. The summed E-state index contributed by atoms with van der Waals surface area (Å²) in [6, 6.07) is 9.37. The number of hydrogen-bond acceptors (Lipinski definition) is 6. The molecule has 3 rings (SSSR count). The van der Waals surface area contributed by atoms with E-state index >= 15 is 0 Å². The third-order valence-corrected chi connectivity index (χ3v) is 5.84. The van der Waals surface area contributed by atoms with E-state index in [0.717, 1.165) is 12.8 Å². The third kappa shape index (κ3) is 6.64. The first-order chi connectivity index (χ1) is 13.0. The predicted molar refractivity (Wildman–Crippen MR) is 103 cm³/mol. The van der Waals surface area contributed by atoms with E-state index in [-0.39, 0.29) is 24.5 Å². The second-order valence-electron chi connectivity index (χ2n) is 6.37. The molecule has 1 heterocycles. The van der Waals surface area contributed by atoms with E-state index in [1.165, 1.54) is 12.4 Å². The summed E-state index contributed by atoms with van der Waals surface area (Å²) in [7, 11) is -3.39. The number of ether oxygens (including phenoxy) is 2. The maximum Gasteiger partial charge on any atom is 0.316 e. The number of halogens is 1. The van der Waals surface area contributed by atoms with Gasteiger partial charge < -0.3 is 9.47 Å². The van der Waals surface area contributed by atoms with Crippen molar-refractivity contribution in [1.82, 2.24) is 14.7 Å². The average Bonchev–Trinajstić information content (AvgIpc) is 2.66. The van der Waals surface area contributed by atoms with Crippen molar-refractivity contribution in [3.05, 3.63) is 47.7 Å². The summed E-state index contributed by atoms with van der Waals surface area (Å²) in [6.45, 7) is 0.117. The van der Waals surface area contributed by atoms with Crippen molar-refractivity contribution in [2.75, 3.05) is 12.4 Å². The lowest BCUT2D eigenvalue weighted by Gasteiger charge is -2.28. The van der Waals surface area contributed by atoms with Gasteiger partial charge in [0.25, 0.3) is 0 Å². The topological polar surface area (TPSA) is 90.4 Å². The van der Waals surface area contributed by atoms with Crippen LogP contribution in [-0.2, 0) is 10.0 Å². The van der Waals surface area contributed by atoms with Crippen LogP contribution in [0.25, 0.3) is 0 Å². The lowest BCUT2D eigenvalue weighted by molar-refractivity contribution is 0.132. The standard InChI is InChI=1S/C18H22ClN3O4S/c19-14-12-20-18(21-13-14)26-17-8-6-15(7-9-17)22-27(23,24)11-10-25-16-4-2-1-3-5-16/h1-5,12-13,15,17,22H,6-11H2. The Bertz CT molecular complexity index is 810. The van der Waals surface area contributed by atoms with Crippen molar-refractivity contribution in [1.29, 1.82) is 0 Å². The van der Waals surface area contributed by atoms with Gasteiger partial charge in [0, 0.05) is 6.04 Å². The molecule has 0 bridgehead atoms. The van der Waals surface area contributed by atoms with Crippen molar-refractivity contribution in [2.24, 2.45) is 0 Å². The Morgan fingerprint density at radius 3 is 2.41 bits per heavy atom. The molecule has 146 valence electrons. The number of rotatable bonds is 8. The summed E-state index contributed by atoms with van der Waals surface area (Å²) in [5.41, 5.74) is 0. The lowest BCUT2D eigenvalue weighted by atomic mass is 9.94. The first kappa shape index (κ1) is 19.9. The molecule has 2 aromatic rings. The molecule has 1 saturated carbocycles. The van der Waals surface area contributed by atoms with Gasteiger partial charge in [-0.2, -0.15) is 0 Å². The molecule has 0 spiro atoms. The summed E-state index contributed by atoms with van der Waals surface area (Å²) in [5.74, 6) is 0.589. The van der Waals surface area contributed by atoms with E-state index in [9.17, 15) is 8.42 Å². The van der Waals surface area contributed by atoms with Gasteiger partial charge in [0.05, 0.1) is 23.2 Å². The second-order valence-corrected chi connectivity index (χ2v) is 8.68. The predicted octanol–water partition coefficient (Wildman–Crippen LogP) is 2.82. The molecule has 0 saturated heterocycles. The van der Waals surface area contributed by atoms with Gasteiger partial charge in [-0.25, -0.2) is 23.1 Å². The van der Waals surface area contributed by atoms with Crippen LogP contribution in [0.3, 0.4) is 0 Å². The van der Waals surface area contributed by atoms with Crippen molar-refractivity contribution in [3.8, 4) is 11.8 Å². The molecule has 1 aliphatic rings. The largest absolute Gasteiger partial charge is 0.492 e. The monoisotopic (exact) mass is 411 g/mol. The summed E-state index contributed by atoms with van der Waals surface area (Å²) in [5, 5.41) is 0.455. The van der Waals surface area contributed by atoms with Crippen LogP contribution in [0.5, 0.6) is 11.8 Å². The van der Waals surface area contributed by atoms with Crippen LogP contribution >= 0.6 is 11.6 Å². The van der Waals surface area contributed by atoms with E-state index in [1.54, 1.807) is 12.1 Å². The van der Waals surface area contributed by atoms with Crippen LogP contribution < -0.4 is 14.2 Å². The van der Waals surface area contributed by atoms with Gasteiger partial charge in [0.15, 0.2) is 0 Å². The molecule has 1 N–H and O–H groups in total. The maximum atomic E-state index is 12.2. The van der Waals surface area contributed by atoms with Gasteiger partial charge in [0.1, 0.15) is 18.5 Å². The van der Waals surface area contributed by atoms with Gasteiger partial charge in [-0.3, -0.25) is 0 Å². The van der Waals surface area contributed by atoms with Crippen molar-refractivity contribution in [2.45, 2.75) is 37.8 Å². The highest BCUT2D eigenvalue weighted by Crippen LogP contribution is 2.23. The number of hydrogen-bond donors (Lipinski definition) is 1. The Morgan fingerprint density at radius 2 is 1.74 bits per heavy atom. The molecule has 7 nitrogen and oxygen atoms in total. The zero-order valence-electron chi connectivity index (χ0n) is 14.8. The normalized spacial score (nSPS) is 20.2. The molecular weight excluding hydrogens is 390 g/mol. The molecular formula is C18H22ClN3O4S. The smallest absolute Gasteiger partial charge is 0.316 e. The minimum Gasteiger partial charge on any atom is -0.492 e. The Morgan fingerprint density at radius 1 is 1.07 bits per heavy atom. The van der Waals surface area contributed by atoms with Crippen LogP contribution in [0.4, 0.5) is 0 Å². The number of benzene rings is 1. The second kappa shape index (κ2) is 9.34. The number of nitrogens with one attached hydrogen (secondary N) is 1. The van der Waals surface area contributed by atoms with E-state index in [2.05, 4.69) is 14.7 Å². The summed E-state index contributed by atoms with van der Waals surface area (Å²) >= 11 is 5.75. The quantitative estimate of drug-likeness (QED) is 0.718. The summed E-state index contributed by atoms with van der Waals surface area (Å²) in [4.78, 5) is 8.04. The number of sulfonamides is 1. The fourth-order valence-corrected chi connectivity index (χ4v) is 4.17. The zero-order chi connectivity index (χ0) is 19.1. The summed E-state index contributed by atoms with van der Waals surface area (Å²) in [6.07, 6.45) is 5.84. The molecule has 1 fully saturated rings. The molecule has 1 aromatic heterocycles. The molecule has 0 radical (unpaired) electrons. The highest BCUT2D eigenvalue weighted by molar-refractivity contribution is 7.89. The highest BCUT2D eigenvalue weighted by atomic mass is 35.5. The van der Waals surface area contributed by atoms with Crippen LogP contribution in [0.15, 0.2) is 42.7 Å². The molecule has 9 heteroatoms. The number of para-hydroxylation sites is 1. The first-order valence-electron chi connectivity index (χ1n) is 8.82. The van der Waals surface area contributed by atoms with Crippen molar-refractivity contribution in [3.63, 3.8) is 0 Å². The molecule has 1 aliphatic carbocycles. The van der Waals surface area contributed by atoms with Crippen LogP contribution in [0.2, 0.25) is 5.02 Å². The van der Waals surface area contributed by atoms with Gasteiger partial charge in [-0.15, -0.1) is 0 Å². The van der Waals surface area contributed by atoms with Crippen LogP contribution in [0, 0.1) is 0 Å². The highest BCUT2D eigenvalue weighted by Gasteiger charge is 2.26. The number of aromatic nitrogens is 2. The Kier molecular flexibility index (Phi) is 6.87. The molecule has 0 aliphatic heterocycles. The van der Waals surface area contributed by atoms with Gasteiger partial charge in [-0.1, -0.05) is 29.8 Å². The summed E-state index contributed by atoms with van der Waals surface area (Å²) < 4.78 is 38.4. The van der Waals surface area contributed by atoms with E-state index in [1.807, 2.05) is 18.2 Å². The van der Waals surface area contributed by atoms with Gasteiger partial charge in [0.2, 0.25) is 10.0 Å². The Balaban J connectivity index is 1.39. The minimum atomic E-state index is -3.39. The Hall–Kier alpha value is -1.90. The fraction of sp³-hybridized carbons (Fsp3) is 0.444. The molecule has 0 amide bonds. The van der Waals surface area contributed by atoms with E-state index < -0.39 is 10.0 Å². The SMILES string of the molecule is O=S(=O)(CCOc1ccccc1)NC1CCC(Oc2ncc(Cl)cn2)CC1. The third-order valence-electron chi connectivity index (χ3n) is 4.25. The van der Waals surface area contributed by atoms with Crippen LogP contribution in [-0.4, -0.2) is 42.9 Å². The van der Waals surface area contributed by atoms with Gasteiger partial charge in [-0.05, 0) is 37.8 Å². The lowest BCUT2D eigenvalue weighted by Crippen LogP contribution is -2.41. The Labute approximate surface area is 164 Å². The van der Waals surface area contributed by atoms with Crippen LogP contribution in [0.1, 0.15) is 25.7 Å². The first-order valence-corrected chi connectivity index (χ1v) is 10.9. The zero-order valence-corrected chi connectivity index (χ0v) is 16.3. The minimum absolute atomic E-state index is 0.0201. The molecule has 27 heavy (non-hydrogen) atoms. The molecule has 0 atom stereocenters. The average molecular weight is 412 g/mol. The molecule has 1 aromatic carbocycles. The van der Waals surface area contributed by atoms with E-state index in [0.29, 0.717) is 29.6 Å². The van der Waals surface area contributed by atoms with Crippen molar-refractivity contribution < 1.29 is 17.9 Å². The fourth-order valence-electron chi connectivity index (χ4n) is 2.91. The molecule has 0 unspecified atom stereocenters. The number of nitrogens with zero attached hydrogens (tertiary/aromatic N) is 2. The van der Waals surface area contributed by atoms with E-state index in [4.69, 9.17) is 21.1 Å².